The molecule has 7 heteroatoms. The number of nitrogens with zero attached hydrogens (tertiary/aromatic N) is 1. The van der Waals surface area contributed by atoms with Gasteiger partial charge in [0.1, 0.15) is 6.61 Å². The molecular weight excluding hydrogens is 345 g/mol. The minimum atomic E-state index is 0. The third kappa shape index (κ3) is 8.43. The fraction of sp³-hybridized carbons (Fsp3) is 0.857. The molecule has 1 fully saturated rings. The van der Waals surface area contributed by atoms with Gasteiger partial charge >= 0.3 is 0 Å². The van der Waals surface area contributed by atoms with Crippen molar-refractivity contribution < 1.29 is 32.9 Å². The summed E-state index contributed by atoms with van der Waals surface area (Å²) in [5, 5.41) is 0.392. The Kier molecular flexibility index (Phi) is 12.9. The average molecular weight is 370 g/mol. The van der Waals surface area contributed by atoms with Gasteiger partial charge in [-0.05, 0) is 37.9 Å². The standard InChI is InChI=1S/C14H25NO3S2.V/c16-11-18-10-12-4-3-8-15(12)14(17)6-2-1-5-13(20)7-9-19;/h11-13,19-20H,1-10H2;. The van der Waals surface area contributed by atoms with Crippen molar-refractivity contribution in [2.24, 2.45) is 0 Å². The maximum Gasteiger partial charge on any atom is 0.293 e. The van der Waals surface area contributed by atoms with Crippen molar-refractivity contribution in [3.8, 4) is 0 Å². The van der Waals surface area contributed by atoms with Crippen molar-refractivity contribution in [3.63, 3.8) is 0 Å². The number of hydrogen-bond donors (Lipinski definition) is 2. The van der Waals surface area contributed by atoms with E-state index < -0.39 is 0 Å². The van der Waals surface area contributed by atoms with Crippen LogP contribution >= 0.6 is 25.3 Å². The zero-order valence-electron chi connectivity index (χ0n) is 12.3. The Hall–Kier alpha value is 0.224. The van der Waals surface area contributed by atoms with Crippen molar-refractivity contribution >= 4 is 37.6 Å². The van der Waals surface area contributed by atoms with Crippen LogP contribution in [0.25, 0.3) is 0 Å². The number of carbonyl (C=O) groups is 2. The molecule has 2 unspecified atom stereocenters. The summed E-state index contributed by atoms with van der Waals surface area (Å²) in [6.07, 6.45) is 6.49. The summed E-state index contributed by atoms with van der Waals surface area (Å²) in [7, 11) is 0. The van der Waals surface area contributed by atoms with Crippen molar-refractivity contribution in [1.82, 2.24) is 4.90 Å². The molecular formula is C14H25NO3S2V. The Bertz CT molecular complexity index is 308. The molecule has 0 aromatic rings. The Labute approximate surface area is 150 Å². The van der Waals surface area contributed by atoms with Crippen LogP contribution in [0.2, 0.25) is 0 Å². The summed E-state index contributed by atoms with van der Waals surface area (Å²) in [6, 6.07) is 0.0782. The second-order valence-corrected chi connectivity index (χ2v) is 6.40. The van der Waals surface area contributed by atoms with E-state index in [9.17, 15) is 9.59 Å². The number of rotatable bonds is 10. The molecule has 1 saturated heterocycles. The Morgan fingerprint density at radius 2 is 2.14 bits per heavy atom. The van der Waals surface area contributed by atoms with E-state index >= 15 is 0 Å². The molecule has 21 heavy (non-hydrogen) atoms. The Morgan fingerprint density at radius 1 is 1.38 bits per heavy atom. The van der Waals surface area contributed by atoms with E-state index in [1.165, 1.54) is 0 Å². The molecule has 1 aliphatic rings. The molecule has 0 bridgehead atoms. The van der Waals surface area contributed by atoms with Crippen LogP contribution in [0.5, 0.6) is 0 Å². The van der Waals surface area contributed by atoms with Crippen molar-refractivity contribution in [2.75, 3.05) is 18.9 Å². The molecule has 0 aromatic carbocycles. The van der Waals surface area contributed by atoms with Crippen LogP contribution < -0.4 is 0 Å². The molecule has 2 atom stereocenters. The van der Waals surface area contributed by atoms with E-state index in [2.05, 4.69) is 25.3 Å². The van der Waals surface area contributed by atoms with Gasteiger partial charge in [0.25, 0.3) is 6.47 Å². The van der Waals surface area contributed by atoms with Gasteiger partial charge in [0.15, 0.2) is 0 Å². The number of hydrogen-bond acceptors (Lipinski definition) is 5. The number of unbranched alkanes of at least 4 members (excludes halogenated alkanes) is 1. The molecule has 4 nitrogen and oxygen atoms in total. The monoisotopic (exact) mass is 370 g/mol. The van der Waals surface area contributed by atoms with E-state index in [-0.39, 0.29) is 30.5 Å². The minimum absolute atomic E-state index is 0. The third-order valence-electron chi connectivity index (χ3n) is 3.69. The number of ether oxygens (including phenoxy) is 1. The van der Waals surface area contributed by atoms with Gasteiger partial charge in [-0.3, -0.25) is 9.59 Å². The molecule has 121 valence electrons. The first-order valence-electron chi connectivity index (χ1n) is 7.32. The number of carbonyl (C=O) groups excluding carboxylic acids is 2. The summed E-state index contributed by atoms with van der Waals surface area (Å²) >= 11 is 8.67. The molecule has 0 aliphatic carbocycles. The molecule has 1 radical (unpaired) electrons. The van der Waals surface area contributed by atoms with Gasteiger partial charge in [0.2, 0.25) is 5.91 Å². The SMILES string of the molecule is O=COCC1CCCN1C(=O)CCCCC(S)CCS.[V]. The van der Waals surface area contributed by atoms with Gasteiger partial charge < -0.3 is 9.64 Å². The number of amides is 1. The molecule has 1 aliphatic heterocycles. The molecule has 1 heterocycles. The minimum Gasteiger partial charge on any atom is -0.466 e. The van der Waals surface area contributed by atoms with Crippen LogP contribution in [-0.4, -0.2) is 47.5 Å². The topological polar surface area (TPSA) is 46.6 Å². The van der Waals surface area contributed by atoms with E-state index in [0.717, 1.165) is 50.8 Å². The van der Waals surface area contributed by atoms with Crippen LogP contribution in [0.4, 0.5) is 0 Å². The van der Waals surface area contributed by atoms with Crippen LogP contribution in [0.3, 0.4) is 0 Å². The van der Waals surface area contributed by atoms with Gasteiger partial charge in [-0.1, -0.05) is 6.42 Å². The van der Waals surface area contributed by atoms with Gasteiger partial charge in [0.05, 0.1) is 6.04 Å². The van der Waals surface area contributed by atoms with Crippen molar-refractivity contribution in [3.05, 3.63) is 0 Å². The van der Waals surface area contributed by atoms with Gasteiger partial charge in [-0.15, -0.1) is 0 Å². The fourth-order valence-corrected chi connectivity index (χ4v) is 3.41. The normalized spacial score (nSPS) is 19.0. The first kappa shape index (κ1) is 21.2. The number of thiol groups is 2. The largest absolute Gasteiger partial charge is 0.466 e. The second kappa shape index (κ2) is 12.7. The summed E-state index contributed by atoms with van der Waals surface area (Å²) in [5.74, 6) is 1.05. The fourth-order valence-electron chi connectivity index (χ4n) is 2.58. The first-order valence-corrected chi connectivity index (χ1v) is 8.47. The van der Waals surface area contributed by atoms with Gasteiger partial charge in [-0.25, -0.2) is 0 Å². The van der Waals surface area contributed by atoms with E-state index in [1.54, 1.807) is 0 Å². The summed E-state index contributed by atoms with van der Waals surface area (Å²) in [6.45, 7) is 1.58. The van der Waals surface area contributed by atoms with E-state index in [4.69, 9.17) is 4.74 Å². The average Bonchev–Trinajstić information content (AvgIpc) is 2.90. The zero-order valence-corrected chi connectivity index (χ0v) is 15.5. The van der Waals surface area contributed by atoms with Crippen LogP contribution in [-0.2, 0) is 32.9 Å². The smallest absolute Gasteiger partial charge is 0.293 e. The van der Waals surface area contributed by atoms with E-state index in [0.29, 0.717) is 24.7 Å². The van der Waals surface area contributed by atoms with Crippen LogP contribution in [0, 0.1) is 0 Å². The third-order valence-corrected chi connectivity index (χ3v) is 4.47. The van der Waals surface area contributed by atoms with Gasteiger partial charge in [-0.2, -0.15) is 25.3 Å². The zero-order chi connectivity index (χ0) is 14.8. The molecule has 0 aromatic heterocycles. The van der Waals surface area contributed by atoms with Gasteiger partial charge in [0, 0.05) is 36.8 Å². The maximum atomic E-state index is 12.1. The molecule has 1 amide bonds. The van der Waals surface area contributed by atoms with Crippen LogP contribution in [0.15, 0.2) is 0 Å². The summed E-state index contributed by atoms with van der Waals surface area (Å²) in [4.78, 5) is 24.2. The summed E-state index contributed by atoms with van der Waals surface area (Å²) < 4.78 is 4.79. The number of likely N-dealkylation sites (tertiary alicyclic amines) is 1. The van der Waals surface area contributed by atoms with Crippen LogP contribution in [0.1, 0.15) is 44.9 Å². The second-order valence-electron chi connectivity index (χ2n) is 5.22. The molecule has 0 N–H and O–H groups in total. The molecule has 0 spiro atoms. The Balaban J connectivity index is 0.00000400. The Morgan fingerprint density at radius 3 is 2.81 bits per heavy atom. The predicted octanol–water partition coefficient (Wildman–Crippen LogP) is 2.33. The quantitative estimate of drug-likeness (QED) is 0.353. The van der Waals surface area contributed by atoms with E-state index in [1.807, 2.05) is 4.90 Å². The first-order chi connectivity index (χ1) is 9.69. The predicted molar refractivity (Wildman–Crippen MR) is 86.5 cm³/mol. The van der Waals surface area contributed by atoms with Crippen molar-refractivity contribution in [1.29, 1.82) is 0 Å². The summed E-state index contributed by atoms with van der Waals surface area (Å²) in [5.41, 5.74) is 0. The molecule has 1 rings (SSSR count). The van der Waals surface area contributed by atoms with Crippen molar-refractivity contribution in [2.45, 2.75) is 56.2 Å². The molecule has 0 saturated carbocycles. The maximum absolute atomic E-state index is 12.1.